The lowest BCUT2D eigenvalue weighted by Gasteiger charge is -2.35. The van der Waals surface area contributed by atoms with Gasteiger partial charge in [-0.3, -0.25) is 4.90 Å². The molecule has 1 fully saturated rings. The Morgan fingerprint density at radius 2 is 2.18 bits per heavy atom. The van der Waals surface area contributed by atoms with Crippen LogP contribution in [-0.2, 0) is 0 Å². The molecule has 1 atom stereocenters. The van der Waals surface area contributed by atoms with Gasteiger partial charge in [0.2, 0.25) is 0 Å². The molecule has 3 heteroatoms. The van der Waals surface area contributed by atoms with Crippen molar-refractivity contribution in [2.45, 2.75) is 26.2 Å². The standard InChI is InChI=1S/C8H15F2N/c1-3-11-5-7(2)4-8(9,10)6-11/h7H,3-6H2,1-2H3. The van der Waals surface area contributed by atoms with Gasteiger partial charge in [-0.05, 0) is 12.5 Å². The van der Waals surface area contributed by atoms with Crippen LogP contribution in [0.1, 0.15) is 20.3 Å². The maximum atomic E-state index is 12.9. The maximum absolute atomic E-state index is 12.9. The summed E-state index contributed by atoms with van der Waals surface area (Å²) in [7, 11) is 0. The van der Waals surface area contributed by atoms with Crippen molar-refractivity contribution in [2.75, 3.05) is 19.6 Å². The molecule has 1 aliphatic heterocycles. The van der Waals surface area contributed by atoms with Crippen molar-refractivity contribution in [3.05, 3.63) is 0 Å². The Labute approximate surface area is 66.4 Å². The largest absolute Gasteiger partial charge is 0.297 e. The van der Waals surface area contributed by atoms with E-state index < -0.39 is 5.92 Å². The van der Waals surface area contributed by atoms with Crippen molar-refractivity contribution in [3.63, 3.8) is 0 Å². The summed E-state index contributed by atoms with van der Waals surface area (Å²) in [6.45, 7) is 5.32. The number of nitrogens with zero attached hydrogens (tertiary/aromatic N) is 1. The van der Waals surface area contributed by atoms with Crippen LogP contribution in [0.25, 0.3) is 0 Å². The van der Waals surface area contributed by atoms with E-state index in [9.17, 15) is 8.78 Å². The Hall–Kier alpha value is -0.180. The van der Waals surface area contributed by atoms with Gasteiger partial charge in [-0.15, -0.1) is 0 Å². The average Bonchev–Trinajstić information content (AvgIpc) is 1.83. The lowest BCUT2D eigenvalue weighted by Crippen LogP contribution is -2.45. The van der Waals surface area contributed by atoms with Gasteiger partial charge in [-0.2, -0.15) is 0 Å². The zero-order valence-corrected chi connectivity index (χ0v) is 7.11. The Balaban J connectivity index is 2.51. The fourth-order valence-electron chi connectivity index (χ4n) is 1.71. The van der Waals surface area contributed by atoms with Crippen LogP contribution >= 0.6 is 0 Å². The highest BCUT2D eigenvalue weighted by molar-refractivity contribution is 4.81. The van der Waals surface area contributed by atoms with E-state index in [2.05, 4.69) is 0 Å². The summed E-state index contributed by atoms with van der Waals surface area (Å²) in [5.74, 6) is -2.31. The van der Waals surface area contributed by atoms with Gasteiger partial charge < -0.3 is 0 Å². The molecular formula is C8H15F2N. The Morgan fingerprint density at radius 3 is 2.64 bits per heavy atom. The van der Waals surface area contributed by atoms with Crippen molar-refractivity contribution >= 4 is 0 Å². The van der Waals surface area contributed by atoms with Gasteiger partial charge in [-0.1, -0.05) is 13.8 Å². The van der Waals surface area contributed by atoms with Crippen molar-refractivity contribution in [1.29, 1.82) is 0 Å². The van der Waals surface area contributed by atoms with Gasteiger partial charge in [0.05, 0.1) is 6.54 Å². The monoisotopic (exact) mass is 163 g/mol. The van der Waals surface area contributed by atoms with Crippen molar-refractivity contribution in [3.8, 4) is 0 Å². The third-order valence-corrected chi connectivity index (χ3v) is 2.12. The summed E-state index contributed by atoms with van der Waals surface area (Å²) < 4.78 is 25.7. The highest BCUT2D eigenvalue weighted by Crippen LogP contribution is 2.29. The van der Waals surface area contributed by atoms with Crippen LogP contribution in [0.15, 0.2) is 0 Å². The van der Waals surface area contributed by atoms with E-state index in [0.29, 0.717) is 0 Å². The molecule has 0 amide bonds. The van der Waals surface area contributed by atoms with E-state index >= 15 is 0 Å². The number of alkyl halides is 2. The smallest absolute Gasteiger partial charge is 0.260 e. The molecule has 0 spiro atoms. The molecule has 1 unspecified atom stereocenters. The molecule has 1 saturated heterocycles. The fraction of sp³-hybridized carbons (Fsp3) is 1.00. The number of rotatable bonds is 1. The van der Waals surface area contributed by atoms with Crippen LogP contribution in [0.3, 0.4) is 0 Å². The summed E-state index contributed by atoms with van der Waals surface area (Å²) in [6.07, 6.45) is 0.0590. The van der Waals surface area contributed by atoms with E-state index in [4.69, 9.17) is 0 Å². The highest BCUT2D eigenvalue weighted by atomic mass is 19.3. The molecule has 66 valence electrons. The van der Waals surface area contributed by atoms with E-state index in [1.165, 1.54) is 0 Å². The molecule has 1 heterocycles. The third-order valence-electron chi connectivity index (χ3n) is 2.12. The first-order valence-corrected chi connectivity index (χ1v) is 4.13. The lowest BCUT2D eigenvalue weighted by molar-refractivity contribution is -0.0800. The first-order valence-electron chi connectivity index (χ1n) is 4.13. The van der Waals surface area contributed by atoms with E-state index in [1.807, 2.05) is 18.7 Å². The van der Waals surface area contributed by atoms with E-state index in [0.717, 1.165) is 13.1 Å². The molecule has 11 heavy (non-hydrogen) atoms. The average molecular weight is 163 g/mol. The van der Waals surface area contributed by atoms with Gasteiger partial charge in [-0.25, -0.2) is 8.78 Å². The number of hydrogen-bond donors (Lipinski definition) is 0. The van der Waals surface area contributed by atoms with E-state index in [-0.39, 0.29) is 18.9 Å². The molecule has 0 radical (unpaired) electrons. The van der Waals surface area contributed by atoms with Crippen molar-refractivity contribution < 1.29 is 8.78 Å². The SMILES string of the molecule is CCN1CC(C)CC(F)(F)C1. The second kappa shape index (κ2) is 3.05. The Kier molecular flexibility index (Phi) is 2.47. The predicted octanol–water partition coefficient (Wildman–Crippen LogP) is 1.98. The molecule has 1 nitrogen and oxygen atoms in total. The number of hydrogen-bond acceptors (Lipinski definition) is 1. The lowest BCUT2D eigenvalue weighted by atomic mass is 9.97. The van der Waals surface area contributed by atoms with Gasteiger partial charge in [0.1, 0.15) is 0 Å². The molecule has 0 bridgehead atoms. The highest BCUT2D eigenvalue weighted by Gasteiger charge is 2.37. The summed E-state index contributed by atoms with van der Waals surface area (Å²) >= 11 is 0. The molecule has 1 rings (SSSR count). The first kappa shape index (κ1) is 8.91. The second-order valence-electron chi connectivity index (χ2n) is 3.49. The minimum Gasteiger partial charge on any atom is -0.297 e. The summed E-state index contributed by atoms with van der Waals surface area (Å²) in [5, 5.41) is 0. The van der Waals surface area contributed by atoms with Crippen LogP contribution in [0.2, 0.25) is 0 Å². The molecule has 0 saturated carbocycles. The van der Waals surface area contributed by atoms with Crippen molar-refractivity contribution in [1.82, 2.24) is 4.90 Å². The quantitative estimate of drug-likeness (QED) is 0.571. The zero-order valence-electron chi connectivity index (χ0n) is 7.11. The molecule has 1 aliphatic rings. The van der Waals surface area contributed by atoms with Crippen LogP contribution < -0.4 is 0 Å². The van der Waals surface area contributed by atoms with Crippen LogP contribution in [0.5, 0.6) is 0 Å². The minimum atomic E-state index is -2.45. The van der Waals surface area contributed by atoms with Gasteiger partial charge in [0.25, 0.3) is 5.92 Å². The molecule has 0 aromatic carbocycles. The normalized spacial score (nSPS) is 32.2. The van der Waals surface area contributed by atoms with Crippen LogP contribution in [-0.4, -0.2) is 30.5 Å². The number of piperidine rings is 1. The topological polar surface area (TPSA) is 3.24 Å². The van der Waals surface area contributed by atoms with Crippen LogP contribution in [0, 0.1) is 5.92 Å². The van der Waals surface area contributed by atoms with Gasteiger partial charge in [0, 0.05) is 13.0 Å². The molecule has 0 aromatic rings. The van der Waals surface area contributed by atoms with Gasteiger partial charge in [0.15, 0.2) is 0 Å². The maximum Gasteiger partial charge on any atom is 0.260 e. The molecule has 0 aromatic heterocycles. The fourth-order valence-corrected chi connectivity index (χ4v) is 1.71. The zero-order chi connectivity index (χ0) is 8.48. The third kappa shape index (κ3) is 2.40. The first-order chi connectivity index (χ1) is 5.03. The van der Waals surface area contributed by atoms with E-state index in [1.54, 1.807) is 0 Å². The molecule has 0 N–H and O–H groups in total. The number of halogens is 2. The van der Waals surface area contributed by atoms with Crippen LogP contribution in [0.4, 0.5) is 8.78 Å². The Morgan fingerprint density at radius 1 is 1.55 bits per heavy atom. The molecule has 0 aliphatic carbocycles. The minimum absolute atomic E-state index is 0.0478. The summed E-state index contributed by atoms with van der Waals surface area (Å²) in [5.41, 5.74) is 0. The summed E-state index contributed by atoms with van der Waals surface area (Å²) in [6, 6.07) is 0. The molecular weight excluding hydrogens is 148 g/mol. The van der Waals surface area contributed by atoms with Crippen molar-refractivity contribution in [2.24, 2.45) is 5.92 Å². The Bertz CT molecular complexity index is 136. The van der Waals surface area contributed by atoms with Gasteiger partial charge >= 0.3 is 0 Å². The number of likely N-dealkylation sites (tertiary alicyclic amines) is 1. The predicted molar refractivity (Wildman–Crippen MR) is 40.8 cm³/mol. The summed E-state index contributed by atoms with van der Waals surface area (Å²) in [4.78, 5) is 1.81. The second-order valence-corrected chi connectivity index (χ2v) is 3.49.